The number of imide groups is 1. The molecule has 1 heterocycles. The number of aliphatic hydroxyl groups excluding tert-OH is 1. The van der Waals surface area contributed by atoms with Crippen LogP contribution >= 0.6 is 0 Å². The predicted octanol–water partition coefficient (Wildman–Crippen LogP) is 1.44. The van der Waals surface area contributed by atoms with E-state index in [1.807, 2.05) is 0 Å². The number of rotatable bonds is 6. The lowest BCUT2D eigenvalue weighted by molar-refractivity contribution is -0.150. The van der Waals surface area contributed by atoms with Crippen LogP contribution in [0.5, 0.6) is 0 Å². The topological polar surface area (TPSA) is 83.9 Å². The van der Waals surface area contributed by atoms with Crippen LogP contribution < -0.4 is 0 Å². The van der Waals surface area contributed by atoms with E-state index in [2.05, 4.69) is 6.58 Å². The minimum absolute atomic E-state index is 0.117. The third kappa shape index (κ3) is 3.27. The molecule has 6 heteroatoms. The third-order valence-electron chi connectivity index (χ3n) is 3.91. The van der Waals surface area contributed by atoms with Gasteiger partial charge in [-0.05, 0) is 45.4 Å². The Bertz CT molecular complexity index is 521. The Morgan fingerprint density at radius 1 is 1.27 bits per heavy atom. The molecule has 1 unspecified atom stereocenters. The quantitative estimate of drug-likeness (QED) is 0.347. The van der Waals surface area contributed by atoms with Crippen LogP contribution in [0.2, 0.25) is 0 Å². The molecule has 2 aliphatic rings. The maximum atomic E-state index is 12.2. The zero-order chi connectivity index (χ0) is 16.3. The molecule has 120 valence electrons. The summed E-state index contributed by atoms with van der Waals surface area (Å²) in [7, 11) is 0. The molecule has 0 aromatic carbocycles. The first-order valence-electron chi connectivity index (χ1n) is 7.54. The first-order valence-corrected chi connectivity index (χ1v) is 7.54. The zero-order valence-electron chi connectivity index (χ0n) is 12.8. The molecule has 0 aromatic heterocycles. The van der Waals surface area contributed by atoms with Gasteiger partial charge in [0, 0.05) is 16.7 Å². The summed E-state index contributed by atoms with van der Waals surface area (Å²) in [5, 5.41) is 10.1. The van der Waals surface area contributed by atoms with E-state index in [1.165, 1.54) is 0 Å². The van der Waals surface area contributed by atoms with Gasteiger partial charge in [0.1, 0.15) is 6.23 Å². The maximum Gasteiger partial charge on any atom is 0.333 e. The molecule has 22 heavy (non-hydrogen) atoms. The van der Waals surface area contributed by atoms with Crippen molar-refractivity contribution in [3.05, 3.63) is 23.3 Å². The van der Waals surface area contributed by atoms with Crippen molar-refractivity contribution in [1.29, 1.82) is 0 Å². The lowest BCUT2D eigenvalue weighted by Gasteiger charge is -2.21. The van der Waals surface area contributed by atoms with Gasteiger partial charge >= 0.3 is 5.97 Å². The molecule has 0 saturated heterocycles. The first-order chi connectivity index (χ1) is 10.4. The fourth-order valence-corrected chi connectivity index (χ4v) is 2.71. The zero-order valence-corrected chi connectivity index (χ0v) is 12.8. The summed E-state index contributed by atoms with van der Waals surface area (Å²) < 4.78 is 4.92. The van der Waals surface area contributed by atoms with Crippen molar-refractivity contribution in [3.8, 4) is 0 Å². The molecular weight excluding hydrogens is 286 g/mol. The van der Waals surface area contributed by atoms with Gasteiger partial charge in [-0.3, -0.25) is 9.59 Å². The molecular formula is C16H21NO5. The predicted molar refractivity (Wildman–Crippen MR) is 78.4 cm³/mol. The van der Waals surface area contributed by atoms with Gasteiger partial charge in [-0.15, -0.1) is 0 Å². The van der Waals surface area contributed by atoms with Gasteiger partial charge in [0.15, 0.2) is 0 Å². The molecule has 1 N–H and O–H groups in total. The van der Waals surface area contributed by atoms with Crippen molar-refractivity contribution in [2.24, 2.45) is 0 Å². The minimum Gasteiger partial charge on any atom is -0.462 e. The van der Waals surface area contributed by atoms with Crippen LogP contribution in [0.25, 0.3) is 0 Å². The number of carbonyl (C=O) groups is 3. The number of carbonyl (C=O) groups excluding carboxylic acids is 3. The molecule has 2 amide bonds. The molecule has 1 aliphatic carbocycles. The Hall–Kier alpha value is -1.95. The smallest absolute Gasteiger partial charge is 0.333 e. The molecule has 0 radical (unpaired) electrons. The van der Waals surface area contributed by atoms with Crippen molar-refractivity contribution in [2.75, 3.05) is 6.61 Å². The van der Waals surface area contributed by atoms with Crippen LogP contribution in [0.1, 0.15) is 45.4 Å². The average Bonchev–Trinajstić information content (AvgIpc) is 2.75. The third-order valence-corrected chi connectivity index (χ3v) is 3.91. The van der Waals surface area contributed by atoms with E-state index >= 15 is 0 Å². The van der Waals surface area contributed by atoms with Crippen molar-refractivity contribution in [2.45, 2.75) is 51.7 Å². The standard InChI is InChI=1S/C16H21NO5/c1-10(2)16(21)22-9-5-8-13(18)17-14(19)11-6-3-4-7-12(11)15(17)20/h13,18H,1,3-9H2,2H3. The monoisotopic (exact) mass is 307 g/mol. The second-order valence-electron chi connectivity index (χ2n) is 5.68. The van der Waals surface area contributed by atoms with E-state index < -0.39 is 12.2 Å². The highest BCUT2D eigenvalue weighted by atomic mass is 16.5. The molecule has 1 aliphatic heterocycles. The van der Waals surface area contributed by atoms with Crippen LogP contribution in [0.15, 0.2) is 23.3 Å². The number of amides is 2. The summed E-state index contributed by atoms with van der Waals surface area (Å²) in [6.45, 7) is 5.13. The minimum atomic E-state index is -1.17. The van der Waals surface area contributed by atoms with Crippen LogP contribution in [0, 0.1) is 0 Å². The number of esters is 1. The van der Waals surface area contributed by atoms with Gasteiger partial charge in [-0.25, -0.2) is 9.69 Å². The Morgan fingerprint density at radius 2 is 1.82 bits per heavy atom. The molecule has 1 atom stereocenters. The first kappa shape index (κ1) is 16.4. The van der Waals surface area contributed by atoms with Crippen molar-refractivity contribution in [3.63, 3.8) is 0 Å². The highest BCUT2D eigenvalue weighted by Crippen LogP contribution is 2.34. The van der Waals surface area contributed by atoms with Crippen molar-refractivity contribution >= 4 is 17.8 Å². The molecule has 6 nitrogen and oxygen atoms in total. The molecule has 0 aromatic rings. The molecule has 2 rings (SSSR count). The van der Waals surface area contributed by atoms with E-state index in [-0.39, 0.29) is 24.8 Å². The van der Waals surface area contributed by atoms with Gasteiger partial charge in [0.2, 0.25) is 0 Å². The molecule has 0 saturated carbocycles. The normalized spacial score (nSPS) is 19.3. The van der Waals surface area contributed by atoms with Gasteiger partial charge < -0.3 is 9.84 Å². The van der Waals surface area contributed by atoms with E-state index in [9.17, 15) is 19.5 Å². The summed E-state index contributed by atoms with van der Waals surface area (Å²) in [5.41, 5.74) is 1.43. The highest BCUT2D eigenvalue weighted by molar-refractivity contribution is 6.19. The number of aliphatic hydroxyl groups is 1. The van der Waals surface area contributed by atoms with Crippen LogP contribution in [-0.2, 0) is 19.1 Å². The largest absolute Gasteiger partial charge is 0.462 e. The summed E-state index contributed by atoms with van der Waals surface area (Å²) in [6, 6.07) is 0. The number of hydrogen-bond donors (Lipinski definition) is 1. The lowest BCUT2D eigenvalue weighted by Crippen LogP contribution is -2.41. The maximum absolute atomic E-state index is 12.2. The Kier molecular flexibility index (Phi) is 5.13. The summed E-state index contributed by atoms with van der Waals surface area (Å²) in [4.78, 5) is 36.6. The van der Waals surface area contributed by atoms with Crippen molar-refractivity contribution in [1.82, 2.24) is 4.90 Å². The fraction of sp³-hybridized carbons (Fsp3) is 0.562. The number of hydrogen-bond acceptors (Lipinski definition) is 5. The molecule has 0 spiro atoms. The second-order valence-corrected chi connectivity index (χ2v) is 5.68. The Balaban J connectivity index is 1.85. The van der Waals surface area contributed by atoms with Gasteiger partial charge in [0.25, 0.3) is 11.8 Å². The summed E-state index contributed by atoms with van der Waals surface area (Å²) in [6.07, 6.45) is 2.40. The van der Waals surface area contributed by atoms with E-state index in [4.69, 9.17) is 4.74 Å². The number of ether oxygens (including phenoxy) is 1. The Morgan fingerprint density at radius 3 is 2.32 bits per heavy atom. The van der Waals surface area contributed by atoms with E-state index in [0.29, 0.717) is 36.0 Å². The average molecular weight is 307 g/mol. The fourth-order valence-electron chi connectivity index (χ4n) is 2.71. The molecule has 0 fully saturated rings. The second kappa shape index (κ2) is 6.87. The Labute approximate surface area is 129 Å². The van der Waals surface area contributed by atoms with Crippen molar-refractivity contribution < 1.29 is 24.2 Å². The van der Waals surface area contributed by atoms with E-state index in [0.717, 1.165) is 17.7 Å². The highest BCUT2D eigenvalue weighted by Gasteiger charge is 2.41. The van der Waals surface area contributed by atoms with Crippen LogP contribution in [0.4, 0.5) is 0 Å². The van der Waals surface area contributed by atoms with Gasteiger partial charge in [-0.2, -0.15) is 0 Å². The lowest BCUT2D eigenvalue weighted by atomic mass is 9.93. The van der Waals surface area contributed by atoms with E-state index in [1.54, 1.807) is 6.92 Å². The SMILES string of the molecule is C=C(C)C(=O)OCCCC(O)N1C(=O)C2=C(CCCC2)C1=O. The molecule has 0 bridgehead atoms. The van der Waals surface area contributed by atoms with Crippen LogP contribution in [-0.4, -0.2) is 40.6 Å². The summed E-state index contributed by atoms with van der Waals surface area (Å²) >= 11 is 0. The van der Waals surface area contributed by atoms with Gasteiger partial charge in [0.05, 0.1) is 6.61 Å². The van der Waals surface area contributed by atoms with Gasteiger partial charge in [-0.1, -0.05) is 6.58 Å². The van der Waals surface area contributed by atoms with Crippen LogP contribution in [0.3, 0.4) is 0 Å². The summed E-state index contributed by atoms with van der Waals surface area (Å²) in [5.74, 6) is -1.22. The number of nitrogens with zero attached hydrogens (tertiary/aromatic N) is 1.